The average molecular weight is 254 g/mol. The molecule has 1 aromatic rings. The van der Waals surface area contributed by atoms with E-state index in [0.717, 1.165) is 4.47 Å². The van der Waals surface area contributed by atoms with E-state index in [0.29, 0.717) is 5.41 Å². The second kappa shape index (κ2) is 3.67. The number of hydrogen-bond acceptors (Lipinski definition) is 1. The molecule has 1 aliphatic heterocycles. The van der Waals surface area contributed by atoms with E-state index in [1.165, 1.54) is 25.1 Å². The molecule has 0 bridgehead atoms. The molecule has 1 aromatic carbocycles. The van der Waals surface area contributed by atoms with Crippen LogP contribution in [-0.4, -0.2) is 25.0 Å². The number of hydrogen-bond donors (Lipinski definition) is 0. The van der Waals surface area contributed by atoms with Gasteiger partial charge >= 0.3 is 0 Å². The van der Waals surface area contributed by atoms with Crippen LogP contribution in [0.2, 0.25) is 0 Å². The Morgan fingerprint density at radius 1 is 1.29 bits per heavy atom. The second-order valence-corrected chi connectivity index (χ2v) is 5.47. The summed E-state index contributed by atoms with van der Waals surface area (Å²) < 4.78 is 1.16. The first kappa shape index (κ1) is 10.2. The molecule has 14 heavy (non-hydrogen) atoms. The molecule has 0 amide bonds. The first-order valence-electron chi connectivity index (χ1n) is 5.05. The van der Waals surface area contributed by atoms with Crippen LogP contribution < -0.4 is 0 Å². The van der Waals surface area contributed by atoms with Crippen LogP contribution in [0.3, 0.4) is 0 Å². The maximum atomic E-state index is 3.47. The number of nitrogens with zero attached hydrogens (tertiary/aromatic N) is 1. The highest BCUT2D eigenvalue weighted by atomic mass is 79.9. The normalized spacial score (nSPS) is 28.2. The van der Waals surface area contributed by atoms with E-state index < -0.39 is 0 Å². The summed E-state index contributed by atoms with van der Waals surface area (Å²) in [5.74, 6) is 0. The third kappa shape index (κ3) is 1.86. The molecule has 0 aromatic heterocycles. The Balaban J connectivity index is 2.26. The highest BCUT2D eigenvalue weighted by molar-refractivity contribution is 9.10. The quantitative estimate of drug-likeness (QED) is 0.744. The van der Waals surface area contributed by atoms with Crippen LogP contribution in [-0.2, 0) is 5.41 Å². The molecule has 1 fully saturated rings. The van der Waals surface area contributed by atoms with Gasteiger partial charge in [-0.15, -0.1) is 0 Å². The fraction of sp³-hybridized carbons (Fsp3) is 0.500. The van der Waals surface area contributed by atoms with Crippen LogP contribution in [0.25, 0.3) is 0 Å². The lowest BCUT2D eigenvalue weighted by Gasteiger charge is -2.24. The van der Waals surface area contributed by atoms with Gasteiger partial charge in [0.15, 0.2) is 0 Å². The molecule has 76 valence electrons. The van der Waals surface area contributed by atoms with Gasteiger partial charge in [0.25, 0.3) is 0 Å². The SMILES string of the molecule is CN1CC[C@@](C)(c2ccc(Br)cc2)C1. The Morgan fingerprint density at radius 2 is 1.93 bits per heavy atom. The van der Waals surface area contributed by atoms with Crippen molar-refractivity contribution >= 4 is 15.9 Å². The van der Waals surface area contributed by atoms with Gasteiger partial charge < -0.3 is 4.90 Å². The first-order chi connectivity index (χ1) is 6.60. The van der Waals surface area contributed by atoms with Gasteiger partial charge in [-0.05, 0) is 37.7 Å². The minimum atomic E-state index is 0.357. The molecule has 1 nitrogen and oxygen atoms in total. The molecule has 1 aliphatic rings. The predicted molar refractivity (Wildman–Crippen MR) is 63.6 cm³/mol. The van der Waals surface area contributed by atoms with Gasteiger partial charge in [-0.3, -0.25) is 0 Å². The van der Waals surface area contributed by atoms with Crippen molar-refractivity contribution in [2.24, 2.45) is 0 Å². The van der Waals surface area contributed by atoms with Gasteiger partial charge in [0, 0.05) is 16.4 Å². The summed E-state index contributed by atoms with van der Waals surface area (Å²) in [6, 6.07) is 8.75. The van der Waals surface area contributed by atoms with E-state index in [2.05, 4.69) is 59.1 Å². The number of rotatable bonds is 1. The summed E-state index contributed by atoms with van der Waals surface area (Å²) in [5, 5.41) is 0. The Labute approximate surface area is 94.2 Å². The van der Waals surface area contributed by atoms with E-state index in [4.69, 9.17) is 0 Å². The van der Waals surface area contributed by atoms with Crippen molar-refractivity contribution in [2.75, 3.05) is 20.1 Å². The number of benzene rings is 1. The van der Waals surface area contributed by atoms with Crippen molar-refractivity contribution in [3.8, 4) is 0 Å². The Bertz CT molecular complexity index is 320. The lowest BCUT2D eigenvalue weighted by Crippen LogP contribution is -2.25. The molecule has 1 atom stereocenters. The third-order valence-corrected chi connectivity index (χ3v) is 3.73. The Hall–Kier alpha value is -0.340. The van der Waals surface area contributed by atoms with Crippen molar-refractivity contribution in [1.82, 2.24) is 4.90 Å². The van der Waals surface area contributed by atoms with E-state index >= 15 is 0 Å². The monoisotopic (exact) mass is 253 g/mol. The summed E-state index contributed by atoms with van der Waals surface area (Å²) in [6.45, 7) is 4.75. The van der Waals surface area contributed by atoms with Crippen LogP contribution in [0.1, 0.15) is 18.9 Å². The minimum Gasteiger partial charge on any atom is -0.305 e. The maximum absolute atomic E-state index is 3.47. The average Bonchev–Trinajstić information content (AvgIpc) is 2.48. The lowest BCUT2D eigenvalue weighted by molar-refractivity contribution is 0.381. The fourth-order valence-corrected chi connectivity index (χ4v) is 2.54. The minimum absolute atomic E-state index is 0.357. The van der Waals surface area contributed by atoms with Crippen LogP contribution in [0.15, 0.2) is 28.7 Å². The van der Waals surface area contributed by atoms with Gasteiger partial charge in [0.05, 0.1) is 0 Å². The highest BCUT2D eigenvalue weighted by Gasteiger charge is 2.33. The summed E-state index contributed by atoms with van der Waals surface area (Å²) in [6.07, 6.45) is 1.27. The number of likely N-dealkylation sites (N-methyl/N-ethyl adjacent to an activating group) is 1. The third-order valence-electron chi connectivity index (χ3n) is 3.21. The molecular formula is C12H16BrN. The molecule has 0 radical (unpaired) electrons. The highest BCUT2D eigenvalue weighted by Crippen LogP contribution is 2.33. The zero-order valence-electron chi connectivity index (χ0n) is 8.76. The van der Waals surface area contributed by atoms with Crippen LogP contribution in [0.4, 0.5) is 0 Å². The van der Waals surface area contributed by atoms with Gasteiger partial charge in [-0.2, -0.15) is 0 Å². The molecule has 2 heteroatoms. The molecule has 0 spiro atoms. The van der Waals surface area contributed by atoms with Crippen LogP contribution >= 0.6 is 15.9 Å². The van der Waals surface area contributed by atoms with Crippen molar-refractivity contribution in [3.63, 3.8) is 0 Å². The summed E-state index contributed by atoms with van der Waals surface area (Å²) >= 11 is 3.47. The fourth-order valence-electron chi connectivity index (χ4n) is 2.28. The zero-order valence-corrected chi connectivity index (χ0v) is 10.3. The Kier molecular flexibility index (Phi) is 2.67. The van der Waals surface area contributed by atoms with Crippen molar-refractivity contribution in [2.45, 2.75) is 18.8 Å². The van der Waals surface area contributed by atoms with Gasteiger partial charge in [-0.1, -0.05) is 35.0 Å². The molecule has 1 saturated heterocycles. The molecule has 0 unspecified atom stereocenters. The standard InChI is InChI=1S/C12H16BrN/c1-12(7-8-14(2)9-12)10-3-5-11(13)6-4-10/h3-6H,7-9H2,1-2H3/t12-/m1/s1. The van der Waals surface area contributed by atoms with Gasteiger partial charge in [0.1, 0.15) is 0 Å². The number of likely N-dealkylation sites (tertiary alicyclic amines) is 1. The Morgan fingerprint density at radius 3 is 2.43 bits per heavy atom. The molecule has 1 heterocycles. The molecule has 2 rings (SSSR count). The van der Waals surface area contributed by atoms with Crippen molar-refractivity contribution < 1.29 is 0 Å². The number of halogens is 1. The van der Waals surface area contributed by atoms with Gasteiger partial charge in [-0.25, -0.2) is 0 Å². The molecule has 0 saturated carbocycles. The molecular weight excluding hydrogens is 238 g/mol. The zero-order chi connectivity index (χ0) is 10.2. The topological polar surface area (TPSA) is 3.24 Å². The smallest absolute Gasteiger partial charge is 0.0175 e. The van der Waals surface area contributed by atoms with E-state index in [-0.39, 0.29) is 0 Å². The maximum Gasteiger partial charge on any atom is 0.0175 e. The largest absolute Gasteiger partial charge is 0.305 e. The summed E-state index contributed by atoms with van der Waals surface area (Å²) in [5.41, 5.74) is 1.82. The first-order valence-corrected chi connectivity index (χ1v) is 5.84. The summed E-state index contributed by atoms with van der Waals surface area (Å²) in [4.78, 5) is 2.40. The lowest BCUT2D eigenvalue weighted by atomic mass is 9.82. The second-order valence-electron chi connectivity index (χ2n) is 4.56. The van der Waals surface area contributed by atoms with E-state index in [1.807, 2.05) is 0 Å². The molecule has 0 aliphatic carbocycles. The van der Waals surface area contributed by atoms with Crippen molar-refractivity contribution in [1.29, 1.82) is 0 Å². The van der Waals surface area contributed by atoms with Crippen LogP contribution in [0, 0.1) is 0 Å². The predicted octanol–water partition coefficient (Wildman–Crippen LogP) is 3.04. The molecule has 0 N–H and O–H groups in total. The van der Waals surface area contributed by atoms with Crippen LogP contribution in [0.5, 0.6) is 0 Å². The van der Waals surface area contributed by atoms with E-state index in [1.54, 1.807) is 0 Å². The summed E-state index contributed by atoms with van der Waals surface area (Å²) in [7, 11) is 2.20. The van der Waals surface area contributed by atoms with E-state index in [9.17, 15) is 0 Å². The van der Waals surface area contributed by atoms with Crippen molar-refractivity contribution in [3.05, 3.63) is 34.3 Å². The van der Waals surface area contributed by atoms with Gasteiger partial charge in [0.2, 0.25) is 0 Å².